The highest BCUT2D eigenvalue weighted by molar-refractivity contribution is 7.15. The largest absolute Gasteiger partial charge is 0.477 e. The molecule has 154 valence electrons. The van der Waals surface area contributed by atoms with Crippen molar-refractivity contribution in [3.63, 3.8) is 0 Å². The Bertz CT molecular complexity index is 758. The molecule has 1 aliphatic carbocycles. The molecule has 0 saturated heterocycles. The van der Waals surface area contributed by atoms with Crippen molar-refractivity contribution in [2.75, 3.05) is 25.2 Å². The van der Waals surface area contributed by atoms with Crippen LogP contribution in [0.5, 0.6) is 0 Å². The van der Waals surface area contributed by atoms with Gasteiger partial charge in [0.25, 0.3) is 0 Å². The second-order valence-electron chi connectivity index (χ2n) is 8.57. The first kappa shape index (κ1) is 22.4. The molecule has 28 heavy (non-hydrogen) atoms. The molecule has 0 aliphatic heterocycles. The van der Waals surface area contributed by atoms with Gasteiger partial charge in [-0.25, -0.2) is 4.79 Å². The first-order valence-corrected chi connectivity index (χ1v) is 10.6. The third kappa shape index (κ3) is 6.08. The van der Waals surface area contributed by atoms with Gasteiger partial charge in [-0.05, 0) is 58.4 Å². The third-order valence-corrected chi connectivity index (χ3v) is 5.94. The molecular formula is C22H31NO4S. The van der Waals surface area contributed by atoms with Crippen molar-refractivity contribution >= 4 is 28.9 Å². The molecule has 1 aromatic rings. The van der Waals surface area contributed by atoms with Gasteiger partial charge >= 0.3 is 5.97 Å². The van der Waals surface area contributed by atoms with Gasteiger partial charge in [0, 0.05) is 25.0 Å². The van der Waals surface area contributed by atoms with E-state index in [4.69, 9.17) is 4.74 Å². The molecule has 2 rings (SSSR count). The lowest BCUT2D eigenvalue weighted by Crippen LogP contribution is -2.40. The third-order valence-electron chi connectivity index (χ3n) is 4.91. The highest BCUT2D eigenvalue weighted by Crippen LogP contribution is 2.35. The molecule has 1 amide bonds. The van der Waals surface area contributed by atoms with E-state index in [0.29, 0.717) is 29.6 Å². The lowest BCUT2D eigenvalue weighted by molar-refractivity contribution is -0.123. The van der Waals surface area contributed by atoms with Crippen LogP contribution in [0.25, 0.3) is 0 Å². The first-order chi connectivity index (χ1) is 13.1. The van der Waals surface area contributed by atoms with Crippen molar-refractivity contribution in [1.29, 1.82) is 0 Å². The van der Waals surface area contributed by atoms with Gasteiger partial charge in [0.05, 0.1) is 17.2 Å². The van der Waals surface area contributed by atoms with E-state index in [0.717, 1.165) is 37.0 Å². The SMILES string of the molecule is COCCN(C(=O)C1CCC(C)CC1)c1cc(C#CC(C)(C)C)sc1C(=O)O. The highest BCUT2D eigenvalue weighted by atomic mass is 32.1. The number of anilines is 1. The van der Waals surface area contributed by atoms with Crippen LogP contribution >= 0.6 is 11.3 Å². The summed E-state index contributed by atoms with van der Waals surface area (Å²) in [5.41, 5.74) is 0.258. The van der Waals surface area contributed by atoms with Crippen LogP contribution < -0.4 is 4.90 Å². The molecule has 0 aromatic carbocycles. The van der Waals surface area contributed by atoms with E-state index in [2.05, 4.69) is 18.8 Å². The van der Waals surface area contributed by atoms with Crippen molar-refractivity contribution < 1.29 is 19.4 Å². The zero-order chi connectivity index (χ0) is 20.9. The van der Waals surface area contributed by atoms with Crippen LogP contribution in [-0.4, -0.2) is 37.2 Å². The van der Waals surface area contributed by atoms with Gasteiger partial charge in [-0.2, -0.15) is 0 Å². The van der Waals surface area contributed by atoms with E-state index in [9.17, 15) is 14.7 Å². The minimum Gasteiger partial charge on any atom is -0.477 e. The zero-order valence-corrected chi connectivity index (χ0v) is 18.3. The Balaban J connectivity index is 2.38. The summed E-state index contributed by atoms with van der Waals surface area (Å²) in [5, 5.41) is 9.70. The smallest absolute Gasteiger partial charge is 0.348 e. The maximum absolute atomic E-state index is 13.3. The number of rotatable bonds is 6. The Morgan fingerprint density at radius 3 is 2.46 bits per heavy atom. The van der Waals surface area contributed by atoms with Gasteiger partial charge in [-0.15, -0.1) is 11.3 Å². The molecule has 0 spiro atoms. The summed E-state index contributed by atoms with van der Waals surface area (Å²) in [6.45, 7) is 8.92. The number of carbonyl (C=O) groups excluding carboxylic acids is 1. The molecule has 0 atom stereocenters. The minimum atomic E-state index is -1.03. The van der Waals surface area contributed by atoms with Crippen LogP contribution in [-0.2, 0) is 9.53 Å². The van der Waals surface area contributed by atoms with E-state index in [1.807, 2.05) is 20.8 Å². The van der Waals surface area contributed by atoms with Gasteiger partial charge < -0.3 is 14.7 Å². The number of hydrogen-bond donors (Lipinski definition) is 1. The topological polar surface area (TPSA) is 66.8 Å². The minimum absolute atomic E-state index is 0.000388. The van der Waals surface area contributed by atoms with E-state index in [-0.39, 0.29) is 22.1 Å². The van der Waals surface area contributed by atoms with E-state index in [1.54, 1.807) is 18.1 Å². The number of methoxy groups -OCH3 is 1. The summed E-state index contributed by atoms with van der Waals surface area (Å²) in [5.74, 6) is 5.76. The second kappa shape index (κ2) is 9.58. The number of ether oxygens (including phenoxy) is 1. The van der Waals surface area contributed by atoms with Crippen LogP contribution in [0.3, 0.4) is 0 Å². The number of thiophene rings is 1. The van der Waals surface area contributed by atoms with E-state index in [1.165, 1.54) is 0 Å². The van der Waals surface area contributed by atoms with Gasteiger partial charge in [-0.3, -0.25) is 4.79 Å². The fourth-order valence-electron chi connectivity index (χ4n) is 3.31. The molecule has 0 bridgehead atoms. The van der Waals surface area contributed by atoms with Crippen LogP contribution in [0.1, 0.15) is 67.9 Å². The summed E-state index contributed by atoms with van der Waals surface area (Å²) >= 11 is 1.13. The molecule has 1 N–H and O–H groups in total. The molecule has 1 aromatic heterocycles. The summed E-state index contributed by atoms with van der Waals surface area (Å²) in [6.07, 6.45) is 3.78. The van der Waals surface area contributed by atoms with Crippen molar-refractivity contribution in [3.8, 4) is 11.8 Å². The molecule has 1 heterocycles. The Kier molecular flexibility index (Phi) is 7.68. The van der Waals surface area contributed by atoms with Crippen molar-refractivity contribution in [2.45, 2.75) is 53.4 Å². The fraction of sp³-hybridized carbons (Fsp3) is 0.636. The number of carboxylic acid groups (broad SMARTS) is 1. The van der Waals surface area contributed by atoms with Gasteiger partial charge in [0.2, 0.25) is 5.91 Å². The molecule has 1 fully saturated rings. The normalized spacial score (nSPS) is 19.6. The Morgan fingerprint density at radius 1 is 1.29 bits per heavy atom. The predicted molar refractivity (Wildman–Crippen MR) is 113 cm³/mol. The highest BCUT2D eigenvalue weighted by Gasteiger charge is 2.31. The van der Waals surface area contributed by atoms with Crippen molar-refractivity contribution in [3.05, 3.63) is 15.8 Å². The standard InChI is InChI=1S/C22H31NO4S/c1-15-6-8-16(9-7-15)20(24)23(12-13-27-5)18-14-17(10-11-22(2,3)4)28-19(18)21(25)26/h14-16H,6-9,12-13H2,1-5H3,(H,25,26). The Hall–Kier alpha value is -1.84. The Morgan fingerprint density at radius 2 is 1.93 bits per heavy atom. The maximum atomic E-state index is 13.3. The number of aromatic carboxylic acids is 1. The average molecular weight is 406 g/mol. The summed E-state index contributed by atoms with van der Waals surface area (Å²) in [6, 6.07) is 1.74. The first-order valence-electron chi connectivity index (χ1n) is 9.83. The molecule has 1 aliphatic rings. The zero-order valence-electron chi connectivity index (χ0n) is 17.5. The van der Waals surface area contributed by atoms with Crippen LogP contribution in [0.2, 0.25) is 0 Å². The monoisotopic (exact) mass is 405 g/mol. The average Bonchev–Trinajstić information content (AvgIpc) is 3.05. The quantitative estimate of drug-likeness (QED) is 0.700. The van der Waals surface area contributed by atoms with Gasteiger partial charge in [-0.1, -0.05) is 18.8 Å². The molecule has 0 unspecified atom stereocenters. The summed E-state index contributed by atoms with van der Waals surface area (Å²) in [7, 11) is 1.58. The number of hydrogen-bond acceptors (Lipinski definition) is 4. The number of carboxylic acids is 1. The van der Waals surface area contributed by atoms with Gasteiger partial charge in [0.1, 0.15) is 4.88 Å². The fourth-order valence-corrected chi connectivity index (χ4v) is 4.16. The van der Waals surface area contributed by atoms with Gasteiger partial charge in [0.15, 0.2) is 0 Å². The molecule has 1 saturated carbocycles. The molecule has 0 radical (unpaired) electrons. The lowest BCUT2D eigenvalue weighted by atomic mass is 9.82. The number of carbonyl (C=O) groups is 2. The van der Waals surface area contributed by atoms with Crippen LogP contribution in [0, 0.1) is 29.1 Å². The van der Waals surface area contributed by atoms with Crippen LogP contribution in [0.15, 0.2) is 6.07 Å². The predicted octanol–water partition coefficient (Wildman–Crippen LogP) is 4.65. The lowest BCUT2D eigenvalue weighted by Gasteiger charge is -2.31. The van der Waals surface area contributed by atoms with Crippen molar-refractivity contribution in [2.24, 2.45) is 17.3 Å². The summed E-state index contributed by atoms with van der Waals surface area (Å²) in [4.78, 5) is 27.5. The second-order valence-corrected chi connectivity index (χ2v) is 9.62. The van der Waals surface area contributed by atoms with E-state index >= 15 is 0 Å². The Labute approximate surface area is 172 Å². The molecule has 6 heteroatoms. The summed E-state index contributed by atoms with van der Waals surface area (Å²) < 4.78 is 5.18. The number of nitrogens with zero attached hydrogens (tertiary/aromatic N) is 1. The molecule has 5 nitrogen and oxygen atoms in total. The molecular weight excluding hydrogens is 374 g/mol. The number of amides is 1. The van der Waals surface area contributed by atoms with Crippen LogP contribution in [0.4, 0.5) is 5.69 Å². The van der Waals surface area contributed by atoms with Crippen molar-refractivity contribution in [1.82, 2.24) is 0 Å². The maximum Gasteiger partial charge on any atom is 0.348 e. The van der Waals surface area contributed by atoms with E-state index < -0.39 is 5.97 Å².